The van der Waals surface area contributed by atoms with Gasteiger partial charge in [-0.05, 0) is 0 Å². The fraction of sp³-hybridized carbons (Fsp3) is 1.00. The van der Waals surface area contributed by atoms with Gasteiger partial charge in [0.2, 0.25) is 0 Å². The molecule has 0 radical (unpaired) electrons. The van der Waals surface area contributed by atoms with Gasteiger partial charge in [0.15, 0.2) is 0 Å². The van der Waals surface area contributed by atoms with E-state index in [1.165, 1.54) is 8.86 Å². The van der Waals surface area contributed by atoms with Crippen LogP contribution < -0.4 is 63.6 Å². The molecule has 0 saturated carbocycles. The molecule has 0 aromatic heterocycles. The van der Waals surface area contributed by atoms with Gasteiger partial charge in [-0.15, -0.1) is 0 Å². The summed E-state index contributed by atoms with van der Waals surface area (Å²) in [5.41, 5.74) is 0. The molecule has 3 aliphatic rings. The van der Waals surface area contributed by atoms with Crippen molar-refractivity contribution >= 4 is 22.6 Å². The van der Waals surface area contributed by atoms with E-state index in [0.717, 1.165) is 21.8 Å². The van der Waals surface area contributed by atoms with E-state index in [2.05, 4.69) is 22.6 Å². The summed E-state index contributed by atoms with van der Waals surface area (Å²) in [6, 6.07) is 0. The Kier molecular flexibility index (Phi) is 4.32. The molecule has 0 N–H and O–H groups in total. The van der Waals surface area contributed by atoms with Crippen LogP contribution in [0.1, 0.15) is 0 Å². The van der Waals surface area contributed by atoms with E-state index in [1.807, 2.05) is 0 Å². The minimum atomic E-state index is -0.529. The molecule has 0 aromatic carbocycles. The third-order valence-corrected chi connectivity index (χ3v) is 22.8. The first kappa shape index (κ1) is 12.8. The van der Waals surface area contributed by atoms with E-state index in [9.17, 15) is 0 Å². The third-order valence-electron chi connectivity index (χ3n) is 2.27. The first-order valence-electron chi connectivity index (χ1n) is 4.67. The summed E-state index contributed by atoms with van der Waals surface area (Å²) in [5, 5.41) is 0. The minimum absolute atomic E-state index is 0.209. The molecule has 0 aromatic rings. The molecule has 3 rings (SSSR count). The van der Waals surface area contributed by atoms with Gasteiger partial charge in [-0.1, -0.05) is 0 Å². The molecular formula is C8H11I4O3-3. The van der Waals surface area contributed by atoms with Crippen LogP contribution in [0, 0.1) is 0 Å². The van der Waals surface area contributed by atoms with Crippen LogP contribution in [0.15, 0.2) is 0 Å². The normalized spacial score (nSPS) is 52.2. The summed E-state index contributed by atoms with van der Waals surface area (Å²) in [6.45, 7) is 2.59. The maximum atomic E-state index is 6.01. The SMILES string of the molecule is IC1COC23OCC[I-]C2([I-]CCO3)[I-]1. The second-order valence-corrected chi connectivity index (χ2v) is 24.0. The topological polar surface area (TPSA) is 27.7 Å². The van der Waals surface area contributed by atoms with Crippen LogP contribution in [0.25, 0.3) is 0 Å². The van der Waals surface area contributed by atoms with Crippen LogP contribution in [-0.2, 0) is 14.2 Å². The Morgan fingerprint density at radius 3 is 2.40 bits per heavy atom. The Hall–Kier alpha value is 2.80. The zero-order valence-electron chi connectivity index (χ0n) is 7.85. The van der Waals surface area contributed by atoms with E-state index in [0.29, 0.717) is -0.565 Å². The zero-order valence-corrected chi connectivity index (χ0v) is 16.5. The van der Waals surface area contributed by atoms with E-state index < -0.39 is 5.97 Å². The summed E-state index contributed by atoms with van der Waals surface area (Å²) < 4.78 is 21.8. The van der Waals surface area contributed by atoms with Gasteiger partial charge in [0.1, 0.15) is 0 Å². The first-order valence-corrected chi connectivity index (χ1v) is 13.5. The van der Waals surface area contributed by atoms with Crippen molar-refractivity contribution < 1.29 is 77.8 Å². The van der Waals surface area contributed by atoms with Crippen molar-refractivity contribution in [3.63, 3.8) is 0 Å². The van der Waals surface area contributed by atoms with E-state index in [-0.39, 0.29) is 63.6 Å². The molecule has 0 aliphatic carbocycles. The standard InChI is InChI=1S/C8H11I4O3/c9-6-5-15-8-7(12-6,10-1-3-13-8)11-2-4-14-8/h6H,1-5H2/q-3. The molecular weight excluding hydrogens is 652 g/mol. The van der Waals surface area contributed by atoms with Crippen molar-refractivity contribution in [3.8, 4) is 0 Å². The van der Waals surface area contributed by atoms with Crippen LogP contribution in [0.4, 0.5) is 0 Å². The fourth-order valence-corrected chi connectivity index (χ4v) is 29.9. The van der Waals surface area contributed by atoms with Crippen LogP contribution >= 0.6 is 22.6 Å². The van der Waals surface area contributed by atoms with Gasteiger partial charge in [0.25, 0.3) is 0 Å². The molecule has 3 saturated heterocycles. The summed E-state index contributed by atoms with van der Waals surface area (Å²) in [7, 11) is 0. The summed E-state index contributed by atoms with van der Waals surface area (Å²) in [6.07, 6.45) is 0. The van der Waals surface area contributed by atoms with Gasteiger partial charge < -0.3 is 0 Å². The van der Waals surface area contributed by atoms with Crippen molar-refractivity contribution in [3.05, 3.63) is 0 Å². The monoisotopic (exact) mass is 663 g/mol. The van der Waals surface area contributed by atoms with Gasteiger partial charge >= 0.3 is 136 Å². The Balaban J connectivity index is 1.93. The number of halogens is 4. The molecule has 1 unspecified atom stereocenters. The van der Waals surface area contributed by atoms with Gasteiger partial charge in [-0.3, -0.25) is 0 Å². The molecule has 3 nitrogen and oxygen atoms in total. The number of hydrogen-bond acceptors (Lipinski definition) is 3. The van der Waals surface area contributed by atoms with E-state index in [1.54, 1.807) is 0 Å². The molecule has 3 heterocycles. The molecule has 92 valence electrons. The van der Waals surface area contributed by atoms with Crippen molar-refractivity contribution in [1.29, 1.82) is 0 Å². The van der Waals surface area contributed by atoms with Crippen LogP contribution in [0.3, 0.4) is 0 Å². The molecule has 0 bridgehead atoms. The Bertz CT molecular complexity index is 250. The maximum absolute atomic E-state index is 6.01. The second-order valence-electron chi connectivity index (χ2n) is 3.21. The van der Waals surface area contributed by atoms with Crippen LogP contribution in [0.2, 0.25) is 0 Å². The Labute approximate surface area is 134 Å². The second kappa shape index (κ2) is 5.06. The fourth-order valence-electron chi connectivity index (χ4n) is 1.71. The molecule has 1 atom stereocenters. The quantitative estimate of drug-likeness (QED) is 0.191. The van der Waals surface area contributed by atoms with Gasteiger partial charge in [-0.2, -0.15) is 0 Å². The molecule has 0 amide bonds. The Morgan fingerprint density at radius 2 is 1.73 bits per heavy atom. The average molecular weight is 663 g/mol. The first-order chi connectivity index (χ1) is 7.27. The van der Waals surface area contributed by atoms with Gasteiger partial charge in [0, 0.05) is 0 Å². The van der Waals surface area contributed by atoms with Crippen LogP contribution in [0.5, 0.6) is 0 Å². The number of ether oxygens (including phenoxy) is 3. The molecule has 0 spiro atoms. The van der Waals surface area contributed by atoms with E-state index >= 15 is 0 Å². The molecule has 15 heavy (non-hydrogen) atoms. The van der Waals surface area contributed by atoms with Crippen molar-refractivity contribution in [2.24, 2.45) is 0 Å². The number of rotatable bonds is 0. The predicted molar refractivity (Wildman–Crippen MR) is 50.9 cm³/mol. The summed E-state index contributed by atoms with van der Waals surface area (Å²) >= 11 is 3.29. The molecule has 3 fully saturated rings. The van der Waals surface area contributed by atoms with E-state index in [4.69, 9.17) is 14.2 Å². The number of alkyl halides is 7. The number of hydrogen-bond donors (Lipinski definition) is 0. The van der Waals surface area contributed by atoms with Gasteiger partial charge in [-0.25, -0.2) is 0 Å². The summed E-state index contributed by atoms with van der Waals surface area (Å²) in [4.78, 5) is 0. The summed E-state index contributed by atoms with van der Waals surface area (Å²) in [5.74, 6) is -0.529. The Morgan fingerprint density at radius 1 is 1.07 bits per heavy atom. The van der Waals surface area contributed by atoms with Crippen molar-refractivity contribution in [2.75, 3.05) is 28.7 Å². The predicted octanol–water partition coefficient (Wildman–Crippen LogP) is -8.59. The zero-order chi connectivity index (χ0) is 10.4. The van der Waals surface area contributed by atoms with Crippen molar-refractivity contribution in [2.45, 2.75) is 7.34 Å². The average Bonchev–Trinajstić information content (AvgIpc) is 2.27. The third kappa shape index (κ3) is 2.21. The van der Waals surface area contributed by atoms with Gasteiger partial charge in [0.05, 0.1) is 0 Å². The molecule has 3 aliphatic heterocycles. The molecule has 7 heteroatoms. The van der Waals surface area contributed by atoms with Crippen molar-refractivity contribution in [1.82, 2.24) is 0 Å². The van der Waals surface area contributed by atoms with Crippen LogP contribution in [-0.4, -0.2) is 36.0 Å².